The van der Waals surface area contributed by atoms with Crippen LogP contribution < -0.4 is 0 Å². The third kappa shape index (κ3) is 6.20. The van der Waals surface area contributed by atoms with E-state index in [1.54, 1.807) is 0 Å². The van der Waals surface area contributed by atoms with Gasteiger partial charge in [0.25, 0.3) is 0 Å². The third-order valence-corrected chi connectivity index (χ3v) is 9.00. The lowest BCUT2D eigenvalue weighted by molar-refractivity contribution is 0.620. The lowest BCUT2D eigenvalue weighted by atomic mass is 9.96. The molecule has 0 saturated carbocycles. The van der Waals surface area contributed by atoms with Gasteiger partial charge in [-0.15, -0.1) is 0 Å². The first-order valence-corrected chi connectivity index (χ1v) is 16.9. The molecule has 0 N–H and O–H groups in total. The van der Waals surface area contributed by atoms with Gasteiger partial charge in [0.2, 0.25) is 5.89 Å². The van der Waals surface area contributed by atoms with Gasteiger partial charge in [-0.3, -0.25) is 0 Å². The molecule has 0 bridgehead atoms. The van der Waals surface area contributed by atoms with Gasteiger partial charge in [-0.2, -0.15) is 0 Å². The molecule has 9 aromatic rings. The summed E-state index contributed by atoms with van der Waals surface area (Å²) in [5.41, 5.74) is 12.2. The summed E-state index contributed by atoms with van der Waals surface area (Å²) >= 11 is 0. The van der Waals surface area contributed by atoms with Crippen molar-refractivity contribution in [2.45, 2.75) is 0 Å². The Morgan fingerprint density at radius 1 is 0.275 bits per heavy atom. The summed E-state index contributed by atoms with van der Waals surface area (Å²) in [7, 11) is 0. The largest absolute Gasteiger partial charge is 0.436 e. The maximum absolute atomic E-state index is 6.12. The number of benzene rings is 7. The normalized spacial score (nSPS) is 11.1. The summed E-state index contributed by atoms with van der Waals surface area (Å²) in [5.74, 6) is 2.57. The summed E-state index contributed by atoms with van der Waals surface area (Å²) in [6, 6.07) is 62.0. The van der Waals surface area contributed by atoms with Crippen molar-refractivity contribution in [2.24, 2.45) is 0 Å². The van der Waals surface area contributed by atoms with E-state index in [-0.39, 0.29) is 0 Å². The molecule has 7 aromatic carbocycles. The standard InChI is InChI=1S/C46H30N4O/c1-4-11-34(12-5-1)43-48-44(35-13-6-2-7-14-35)50-45(49-43)36-25-23-32(24-26-36)39-18-10-17-38(29-39)31-19-21-33(22-20-31)40-27-28-41-42(30-40)51-46(47-41)37-15-8-3-9-16-37/h1-30H. The number of hydrogen-bond acceptors (Lipinski definition) is 5. The zero-order valence-corrected chi connectivity index (χ0v) is 27.5. The van der Waals surface area contributed by atoms with Crippen LogP contribution in [0.3, 0.4) is 0 Å². The fourth-order valence-corrected chi connectivity index (χ4v) is 6.29. The van der Waals surface area contributed by atoms with Gasteiger partial charge < -0.3 is 4.42 Å². The Balaban J connectivity index is 0.975. The van der Waals surface area contributed by atoms with Gasteiger partial charge in [0.1, 0.15) is 5.52 Å². The van der Waals surface area contributed by atoms with E-state index >= 15 is 0 Å². The Hall–Kier alpha value is -6.98. The van der Waals surface area contributed by atoms with Gasteiger partial charge in [-0.25, -0.2) is 19.9 Å². The zero-order chi connectivity index (χ0) is 34.0. The highest BCUT2D eigenvalue weighted by Crippen LogP contribution is 2.32. The van der Waals surface area contributed by atoms with Crippen LogP contribution in [0.1, 0.15) is 0 Å². The highest BCUT2D eigenvalue weighted by Gasteiger charge is 2.13. The Morgan fingerprint density at radius 2 is 0.647 bits per heavy atom. The predicted octanol–water partition coefficient (Wildman–Crippen LogP) is 11.7. The number of oxazole rings is 1. The molecule has 5 nitrogen and oxygen atoms in total. The second-order valence-corrected chi connectivity index (χ2v) is 12.3. The first-order chi connectivity index (χ1) is 25.2. The van der Waals surface area contributed by atoms with Gasteiger partial charge in [-0.05, 0) is 63.7 Å². The van der Waals surface area contributed by atoms with Crippen LogP contribution in [0.4, 0.5) is 0 Å². The molecule has 0 aliphatic carbocycles. The molecule has 0 radical (unpaired) electrons. The van der Waals surface area contributed by atoms with Crippen molar-refractivity contribution in [3.8, 4) is 79.0 Å². The smallest absolute Gasteiger partial charge is 0.227 e. The fraction of sp³-hybridized carbons (Fsp3) is 0. The van der Waals surface area contributed by atoms with Crippen molar-refractivity contribution in [3.63, 3.8) is 0 Å². The molecular weight excluding hydrogens is 625 g/mol. The second kappa shape index (κ2) is 13.1. The molecule has 51 heavy (non-hydrogen) atoms. The quantitative estimate of drug-likeness (QED) is 0.171. The van der Waals surface area contributed by atoms with Crippen LogP contribution >= 0.6 is 0 Å². The first kappa shape index (κ1) is 30.1. The molecule has 0 aliphatic heterocycles. The topological polar surface area (TPSA) is 64.7 Å². The number of nitrogens with zero attached hydrogens (tertiary/aromatic N) is 4. The Labute approximate surface area is 295 Å². The molecule has 5 heteroatoms. The summed E-state index contributed by atoms with van der Waals surface area (Å²) in [6.07, 6.45) is 0. The van der Waals surface area contributed by atoms with Gasteiger partial charge in [0.05, 0.1) is 0 Å². The minimum atomic E-state index is 0.632. The number of fused-ring (bicyclic) bond motifs is 1. The highest BCUT2D eigenvalue weighted by atomic mass is 16.3. The summed E-state index contributed by atoms with van der Waals surface area (Å²) < 4.78 is 6.12. The minimum Gasteiger partial charge on any atom is -0.436 e. The van der Waals surface area contributed by atoms with Crippen LogP contribution in [-0.4, -0.2) is 19.9 Å². The molecule has 240 valence electrons. The lowest BCUT2D eigenvalue weighted by Gasteiger charge is -2.10. The van der Waals surface area contributed by atoms with E-state index in [0.717, 1.165) is 66.7 Å². The van der Waals surface area contributed by atoms with Gasteiger partial charge >= 0.3 is 0 Å². The molecule has 0 saturated heterocycles. The highest BCUT2D eigenvalue weighted by molar-refractivity contribution is 5.83. The average molecular weight is 655 g/mol. The van der Waals surface area contributed by atoms with Gasteiger partial charge in [0, 0.05) is 22.3 Å². The minimum absolute atomic E-state index is 0.632. The number of rotatable bonds is 7. The molecule has 2 aromatic heterocycles. The summed E-state index contributed by atoms with van der Waals surface area (Å²) in [5, 5.41) is 0. The predicted molar refractivity (Wildman–Crippen MR) is 205 cm³/mol. The zero-order valence-electron chi connectivity index (χ0n) is 27.5. The van der Waals surface area contributed by atoms with E-state index in [2.05, 4.69) is 89.9 Å². The van der Waals surface area contributed by atoms with Crippen molar-refractivity contribution < 1.29 is 4.42 Å². The fourth-order valence-electron chi connectivity index (χ4n) is 6.29. The first-order valence-electron chi connectivity index (χ1n) is 16.9. The van der Waals surface area contributed by atoms with E-state index < -0.39 is 0 Å². The third-order valence-electron chi connectivity index (χ3n) is 9.00. The van der Waals surface area contributed by atoms with Gasteiger partial charge in [0.15, 0.2) is 23.1 Å². The second-order valence-electron chi connectivity index (χ2n) is 12.3. The SMILES string of the molecule is c1ccc(-c2nc(-c3ccccc3)nc(-c3ccc(-c4cccc(-c5ccc(-c6ccc7nc(-c8ccccc8)oc7c6)cc5)c4)cc3)n2)cc1. The molecule has 0 spiro atoms. The Bertz CT molecular complexity index is 2540. The van der Waals surface area contributed by atoms with E-state index in [9.17, 15) is 0 Å². The Kier molecular flexibility index (Phi) is 7.76. The van der Waals surface area contributed by atoms with E-state index in [1.165, 1.54) is 0 Å². The van der Waals surface area contributed by atoms with Crippen molar-refractivity contribution in [1.29, 1.82) is 0 Å². The van der Waals surface area contributed by atoms with Crippen molar-refractivity contribution in [1.82, 2.24) is 19.9 Å². The average Bonchev–Trinajstić information content (AvgIpc) is 3.66. The van der Waals surface area contributed by atoms with Crippen LogP contribution in [0.2, 0.25) is 0 Å². The van der Waals surface area contributed by atoms with E-state index in [0.29, 0.717) is 23.4 Å². The van der Waals surface area contributed by atoms with Crippen LogP contribution in [0.5, 0.6) is 0 Å². The maximum Gasteiger partial charge on any atom is 0.227 e. The molecule has 0 aliphatic rings. The van der Waals surface area contributed by atoms with Crippen molar-refractivity contribution in [2.75, 3.05) is 0 Å². The molecule has 0 atom stereocenters. The molecule has 0 unspecified atom stereocenters. The molecule has 0 amide bonds. The van der Waals surface area contributed by atoms with E-state index in [4.69, 9.17) is 19.4 Å². The molecule has 2 heterocycles. The van der Waals surface area contributed by atoms with Gasteiger partial charge in [-0.1, -0.05) is 152 Å². The van der Waals surface area contributed by atoms with Crippen molar-refractivity contribution >= 4 is 11.1 Å². The lowest BCUT2D eigenvalue weighted by Crippen LogP contribution is -2.00. The van der Waals surface area contributed by atoms with Crippen LogP contribution in [-0.2, 0) is 0 Å². The van der Waals surface area contributed by atoms with Crippen LogP contribution in [0.15, 0.2) is 186 Å². The molecule has 9 rings (SSSR count). The summed E-state index contributed by atoms with van der Waals surface area (Å²) in [6.45, 7) is 0. The van der Waals surface area contributed by atoms with E-state index in [1.807, 2.05) is 97.1 Å². The van der Waals surface area contributed by atoms with Crippen LogP contribution in [0.25, 0.3) is 90.1 Å². The van der Waals surface area contributed by atoms with Crippen LogP contribution in [0, 0.1) is 0 Å². The van der Waals surface area contributed by atoms with Crippen molar-refractivity contribution in [3.05, 3.63) is 182 Å². The maximum atomic E-state index is 6.12. The number of hydrogen-bond donors (Lipinski definition) is 0. The number of aromatic nitrogens is 4. The molecule has 0 fully saturated rings. The summed E-state index contributed by atoms with van der Waals surface area (Å²) in [4.78, 5) is 19.3. The Morgan fingerprint density at radius 3 is 1.14 bits per heavy atom. The molecular formula is C46H30N4O. The monoisotopic (exact) mass is 654 g/mol.